The highest BCUT2D eigenvalue weighted by atomic mass is 14.4. The molecule has 0 unspecified atom stereocenters. The van der Waals surface area contributed by atoms with Gasteiger partial charge < -0.3 is 0 Å². The molecule has 0 heterocycles. The molecule has 0 bridgehead atoms. The van der Waals surface area contributed by atoms with Crippen LogP contribution in [0.4, 0.5) is 0 Å². The van der Waals surface area contributed by atoms with Gasteiger partial charge in [0, 0.05) is 5.41 Å². The van der Waals surface area contributed by atoms with E-state index in [0.29, 0.717) is 0 Å². The minimum atomic E-state index is -0.118. The molecule has 1 aliphatic rings. The Hall–Kier alpha value is -7.28. The van der Waals surface area contributed by atoms with Gasteiger partial charge >= 0.3 is 0 Å². The van der Waals surface area contributed by atoms with Crippen molar-refractivity contribution in [2.45, 2.75) is 19.3 Å². The van der Waals surface area contributed by atoms with Crippen LogP contribution >= 0.6 is 0 Å². The highest BCUT2D eigenvalue weighted by molar-refractivity contribution is 6.25. The molecule has 0 saturated carbocycles. The fraction of sp³-hybridized carbons (Fsp3) is 0.0508. The molecule has 0 N–H and O–H groups in total. The summed E-state index contributed by atoms with van der Waals surface area (Å²) in [5.41, 5.74) is 17.8. The van der Waals surface area contributed by atoms with Crippen LogP contribution in [0.25, 0.3) is 110 Å². The van der Waals surface area contributed by atoms with E-state index in [1.807, 2.05) is 0 Å². The molecule has 0 radical (unpaired) electrons. The molecule has 0 aromatic heterocycles. The smallest absolute Gasteiger partial charge is 0.0159 e. The lowest BCUT2D eigenvalue weighted by atomic mass is 9.80. The fourth-order valence-electron chi connectivity index (χ4n) is 10.0. The van der Waals surface area contributed by atoms with Crippen molar-refractivity contribution in [1.82, 2.24) is 0 Å². The number of fused-ring (bicyclic) bond motifs is 4. The molecule has 0 fully saturated rings. The molecule has 0 saturated heterocycles. The van der Waals surface area contributed by atoms with E-state index in [-0.39, 0.29) is 5.41 Å². The summed E-state index contributed by atoms with van der Waals surface area (Å²) in [6.45, 7) is 4.76. The minimum Gasteiger partial charge on any atom is -0.0616 e. The summed E-state index contributed by atoms with van der Waals surface area (Å²) in [5.74, 6) is 0. The molecule has 0 atom stereocenters. The molecule has 0 spiro atoms. The standard InChI is InChI=1S/C59H40/c1-59(2)55-35-48(27-30-52(55)53-31-28-49(36-56(53)59)41-19-15-39(16-20-41)47-24-21-37-7-3-4-8-45(37)33-47)40-17-13-38(14-18-40)46-11-6-12-50(34-46)51-29-25-44-23-22-42-9-5-10-43-26-32-54(51)58(44)57(42)43/h3-36H,1-2H3. The van der Waals surface area contributed by atoms with Crippen LogP contribution in [0.5, 0.6) is 0 Å². The third kappa shape index (κ3) is 5.37. The second-order valence-electron chi connectivity index (χ2n) is 16.9. The first-order valence-electron chi connectivity index (χ1n) is 20.7. The normalized spacial score (nSPS) is 13.1. The molecule has 0 heteroatoms. The van der Waals surface area contributed by atoms with Crippen LogP contribution in [0, 0.1) is 0 Å². The van der Waals surface area contributed by atoms with Crippen molar-refractivity contribution in [1.29, 1.82) is 0 Å². The maximum atomic E-state index is 2.43. The maximum Gasteiger partial charge on any atom is 0.0159 e. The van der Waals surface area contributed by atoms with Crippen molar-refractivity contribution in [3.63, 3.8) is 0 Å². The van der Waals surface area contributed by atoms with Gasteiger partial charge in [0.1, 0.15) is 0 Å². The summed E-state index contributed by atoms with van der Waals surface area (Å²) in [6, 6.07) is 76.9. The van der Waals surface area contributed by atoms with E-state index in [0.717, 1.165) is 0 Å². The number of hydrogen-bond donors (Lipinski definition) is 0. The average molecular weight is 749 g/mol. The van der Waals surface area contributed by atoms with Crippen LogP contribution in [-0.4, -0.2) is 0 Å². The van der Waals surface area contributed by atoms with E-state index in [1.54, 1.807) is 0 Å². The van der Waals surface area contributed by atoms with Gasteiger partial charge in [0.25, 0.3) is 0 Å². The van der Waals surface area contributed by atoms with E-state index in [1.165, 1.54) is 121 Å². The third-order valence-electron chi connectivity index (χ3n) is 13.2. The van der Waals surface area contributed by atoms with Gasteiger partial charge in [0.05, 0.1) is 0 Å². The van der Waals surface area contributed by atoms with Gasteiger partial charge in [-0.15, -0.1) is 0 Å². The van der Waals surface area contributed by atoms with Crippen molar-refractivity contribution in [2.75, 3.05) is 0 Å². The predicted octanol–water partition coefficient (Wildman–Crippen LogP) is 16.4. The van der Waals surface area contributed by atoms with E-state index < -0.39 is 0 Å². The summed E-state index contributed by atoms with van der Waals surface area (Å²) < 4.78 is 0. The van der Waals surface area contributed by atoms with Gasteiger partial charge in [-0.3, -0.25) is 0 Å². The molecule has 12 rings (SSSR count). The quantitative estimate of drug-likeness (QED) is 0.154. The molecule has 276 valence electrons. The largest absolute Gasteiger partial charge is 0.0616 e. The van der Waals surface area contributed by atoms with Crippen LogP contribution in [0.3, 0.4) is 0 Å². The second-order valence-corrected chi connectivity index (χ2v) is 16.9. The van der Waals surface area contributed by atoms with Crippen molar-refractivity contribution in [3.05, 3.63) is 217 Å². The third-order valence-corrected chi connectivity index (χ3v) is 13.2. The summed E-state index contributed by atoms with van der Waals surface area (Å²) >= 11 is 0. The van der Waals surface area contributed by atoms with Crippen LogP contribution in [0.15, 0.2) is 206 Å². The van der Waals surface area contributed by atoms with Crippen molar-refractivity contribution in [3.8, 4) is 66.8 Å². The topological polar surface area (TPSA) is 0 Å². The Morgan fingerprint density at radius 1 is 0.254 bits per heavy atom. The van der Waals surface area contributed by atoms with E-state index in [2.05, 4.69) is 220 Å². The monoisotopic (exact) mass is 748 g/mol. The Labute approximate surface area is 345 Å². The summed E-state index contributed by atoms with van der Waals surface area (Å²) in [7, 11) is 0. The molecule has 1 aliphatic carbocycles. The molecule has 0 amide bonds. The number of hydrogen-bond acceptors (Lipinski definition) is 0. The lowest BCUT2D eigenvalue weighted by molar-refractivity contribution is 0.661. The first kappa shape index (κ1) is 33.8. The van der Waals surface area contributed by atoms with Crippen LogP contribution < -0.4 is 0 Å². The van der Waals surface area contributed by atoms with Crippen LogP contribution in [0.1, 0.15) is 25.0 Å². The van der Waals surface area contributed by atoms with E-state index >= 15 is 0 Å². The van der Waals surface area contributed by atoms with Gasteiger partial charge in [0.2, 0.25) is 0 Å². The van der Waals surface area contributed by atoms with Gasteiger partial charge in [-0.25, -0.2) is 0 Å². The molecule has 59 heavy (non-hydrogen) atoms. The number of benzene rings is 11. The predicted molar refractivity (Wildman–Crippen MR) is 252 cm³/mol. The fourth-order valence-corrected chi connectivity index (χ4v) is 10.0. The van der Waals surface area contributed by atoms with Gasteiger partial charge in [-0.1, -0.05) is 196 Å². The maximum absolute atomic E-state index is 2.43. The lowest BCUT2D eigenvalue weighted by Crippen LogP contribution is -2.15. The zero-order valence-corrected chi connectivity index (χ0v) is 33.1. The minimum absolute atomic E-state index is 0.118. The first-order chi connectivity index (χ1) is 29.0. The van der Waals surface area contributed by atoms with Gasteiger partial charge in [0.15, 0.2) is 0 Å². The summed E-state index contributed by atoms with van der Waals surface area (Å²) in [5, 5.41) is 10.5. The highest BCUT2D eigenvalue weighted by Crippen LogP contribution is 2.51. The number of rotatable bonds is 5. The van der Waals surface area contributed by atoms with Gasteiger partial charge in [-0.2, -0.15) is 0 Å². The Bertz CT molecular complexity index is 3420. The SMILES string of the molecule is CC1(C)c2cc(-c3ccc(-c4cccc(-c5ccc6ccc7cccc8ccc5c6c78)c4)cc3)ccc2-c2ccc(-c3ccc(-c4ccc5ccccc5c4)cc3)cc21. The molecule has 0 aliphatic heterocycles. The van der Waals surface area contributed by atoms with Gasteiger partial charge in [-0.05, 0) is 145 Å². The van der Waals surface area contributed by atoms with Crippen molar-refractivity contribution >= 4 is 43.1 Å². The van der Waals surface area contributed by atoms with E-state index in [9.17, 15) is 0 Å². The van der Waals surface area contributed by atoms with Crippen LogP contribution in [-0.2, 0) is 5.41 Å². The summed E-state index contributed by atoms with van der Waals surface area (Å²) in [4.78, 5) is 0. The molecular formula is C59H40. The molecule has 0 nitrogen and oxygen atoms in total. The second kappa shape index (κ2) is 12.9. The Balaban J connectivity index is 0.823. The zero-order chi connectivity index (χ0) is 39.2. The Morgan fingerprint density at radius 3 is 1.29 bits per heavy atom. The van der Waals surface area contributed by atoms with E-state index in [4.69, 9.17) is 0 Å². The first-order valence-corrected chi connectivity index (χ1v) is 20.7. The zero-order valence-electron chi connectivity index (χ0n) is 33.1. The molecule has 11 aromatic carbocycles. The Morgan fingerprint density at radius 2 is 0.661 bits per heavy atom. The van der Waals surface area contributed by atoms with Crippen molar-refractivity contribution in [2.24, 2.45) is 0 Å². The Kier molecular flexibility index (Phi) is 7.38. The molecular weight excluding hydrogens is 709 g/mol. The van der Waals surface area contributed by atoms with Crippen LogP contribution in [0.2, 0.25) is 0 Å². The van der Waals surface area contributed by atoms with Crippen molar-refractivity contribution < 1.29 is 0 Å². The molecule has 11 aromatic rings. The lowest BCUT2D eigenvalue weighted by Gasteiger charge is -2.22. The summed E-state index contributed by atoms with van der Waals surface area (Å²) in [6.07, 6.45) is 0. The average Bonchev–Trinajstić information content (AvgIpc) is 3.52. The highest BCUT2D eigenvalue weighted by Gasteiger charge is 2.36.